The Labute approximate surface area is 252 Å². The smallest absolute Gasteiger partial charge is 0.490 e. The van der Waals surface area contributed by atoms with Crippen LogP contribution in [0, 0.1) is 0 Å². The topological polar surface area (TPSA) is 171 Å². The zero-order chi connectivity index (χ0) is 32.5. The van der Waals surface area contributed by atoms with E-state index in [1.54, 1.807) is 24.3 Å². The van der Waals surface area contributed by atoms with Crippen molar-refractivity contribution in [2.45, 2.75) is 109 Å². The molecule has 0 saturated carbocycles. The number of amides is 3. The molecule has 0 aromatic heterocycles. The number of aromatic hydroxyl groups is 1. The molecule has 1 atom stereocenters. The third-order valence-electron chi connectivity index (χ3n) is 6.34. The quantitative estimate of drug-likeness (QED) is 0.111. The maximum atomic E-state index is 12.7. The summed E-state index contributed by atoms with van der Waals surface area (Å²) in [7, 11) is 0. The summed E-state index contributed by atoms with van der Waals surface area (Å²) in [4.78, 5) is 45.0. The van der Waals surface area contributed by atoms with Crippen LogP contribution in [0.5, 0.6) is 5.75 Å². The average molecular weight is 619 g/mol. The first-order valence-corrected chi connectivity index (χ1v) is 15.0. The Balaban J connectivity index is 0.00000223. The van der Waals surface area contributed by atoms with Gasteiger partial charge < -0.3 is 31.9 Å². The maximum Gasteiger partial charge on any atom is 0.490 e. The van der Waals surface area contributed by atoms with Crippen molar-refractivity contribution in [3.8, 4) is 5.75 Å². The van der Waals surface area contributed by atoms with Gasteiger partial charge in [-0.05, 0) is 37.0 Å². The van der Waals surface area contributed by atoms with Crippen molar-refractivity contribution in [3.05, 3.63) is 29.8 Å². The van der Waals surface area contributed by atoms with Crippen molar-refractivity contribution in [3.63, 3.8) is 0 Å². The number of hydrogen-bond acceptors (Lipinski definition) is 6. The summed E-state index contributed by atoms with van der Waals surface area (Å²) < 4.78 is 31.7. The number of rotatable bonds is 21. The van der Waals surface area contributed by atoms with Crippen LogP contribution in [0.3, 0.4) is 0 Å². The summed E-state index contributed by atoms with van der Waals surface area (Å²) in [6.45, 7) is 3.69. The lowest BCUT2D eigenvalue weighted by Gasteiger charge is -2.19. The Kier molecular flexibility index (Phi) is 22.2. The van der Waals surface area contributed by atoms with Gasteiger partial charge in [0.25, 0.3) is 0 Å². The molecular weight excluding hydrogens is 569 g/mol. The molecule has 0 unspecified atom stereocenters. The zero-order valence-corrected chi connectivity index (χ0v) is 25.1. The van der Waals surface area contributed by atoms with E-state index >= 15 is 0 Å². The van der Waals surface area contributed by atoms with E-state index in [1.165, 1.54) is 32.1 Å². The Morgan fingerprint density at radius 2 is 1.26 bits per heavy atom. The number of benzene rings is 1. The molecule has 0 fully saturated rings. The SMILES string of the molecule is CCCC(=O)N[C@@H](Cc1ccc(O)cc1)C(=O)NCCCCCCCCCCCCNC(=O)CCN.O=C(O)C(F)(F)F. The van der Waals surface area contributed by atoms with Crippen LogP contribution in [0.15, 0.2) is 24.3 Å². The van der Waals surface area contributed by atoms with Gasteiger partial charge in [-0.15, -0.1) is 0 Å². The van der Waals surface area contributed by atoms with Gasteiger partial charge in [0.15, 0.2) is 0 Å². The number of phenolic OH excluding ortho intramolecular Hbond substituents is 1. The van der Waals surface area contributed by atoms with Crippen LogP contribution in [0.2, 0.25) is 0 Å². The number of unbranched alkanes of at least 4 members (excludes halogenated alkanes) is 9. The van der Waals surface area contributed by atoms with E-state index in [2.05, 4.69) is 16.0 Å². The summed E-state index contributed by atoms with van der Waals surface area (Å²) in [6, 6.07) is 6.10. The second kappa shape index (κ2) is 24.1. The molecule has 7 N–H and O–H groups in total. The fourth-order valence-corrected chi connectivity index (χ4v) is 4.02. The minimum Gasteiger partial charge on any atom is -0.508 e. The summed E-state index contributed by atoms with van der Waals surface area (Å²) in [6.07, 6.45) is 8.31. The third-order valence-corrected chi connectivity index (χ3v) is 6.34. The highest BCUT2D eigenvalue weighted by Crippen LogP contribution is 2.14. The number of nitrogens with one attached hydrogen (secondary N) is 3. The number of hydrogen-bond donors (Lipinski definition) is 6. The van der Waals surface area contributed by atoms with Crippen molar-refractivity contribution in [2.24, 2.45) is 5.73 Å². The molecule has 246 valence electrons. The van der Waals surface area contributed by atoms with Gasteiger partial charge >= 0.3 is 12.1 Å². The molecule has 0 saturated heterocycles. The van der Waals surface area contributed by atoms with Crippen molar-refractivity contribution >= 4 is 23.7 Å². The molecule has 43 heavy (non-hydrogen) atoms. The molecule has 0 bridgehead atoms. The molecule has 1 aromatic carbocycles. The average Bonchev–Trinajstić information content (AvgIpc) is 2.94. The minimum atomic E-state index is -5.08. The van der Waals surface area contributed by atoms with Gasteiger partial charge in [0.1, 0.15) is 11.8 Å². The first-order valence-electron chi connectivity index (χ1n) is 15.0. The fraction of sp³-hybridized carbons (Fsp3) is 0.667. The Hall–Kier alpha value is -3.35. The number of halogens is 3. The molecule has 3 amide bonds. The van der Waals surface area contributed by atoms with Crippen LogP contribution >= 0.6 is 0 Å². The summed E-state index contributed by atoms with van der Waals surface area (Å²) in [5, 5.41) is 25.3. The minimum absolute atomic E-state index is 0.0460. The number of carbonyl (C=O) groups excluding carboxylic acids is 3. The Morgan fingerprint density at radius 3 is 1.70 bits per heavy atom. The second-order valence-corrected chi connectivity index (χ2v) is 10.3. The Bertz CT molecular complexity index is 929. The highest BCUT2D eigenvalue weighted by molar-refractivity contribution is 5.87. The maximum absolute atomic E-state index is 12.7. The first kappa shape index (κ1) is 39.6. The molecule has 0 aliphatic heterocycles. The number of aliphatic carboxylic acids is 1. The van der Waals surface area contributed by atoms with E-state index in [0.29, 0.717) is 32.4 Å². The molecular formula is C30H49F3N4O6. The van der Waals surface area contributed by atoms with Crippen LogP contribution in [-0.2, 0) is 25.6 Å². The highest BCUT2D eigenvalue weighted by atomic mass is 19.4. The zero-order valence-electron chi connectivity index (χ0n) is 25.1. The molecule has 10 nitrogen and oxygen atoms in total. The summed E-state index contributed by atoms with van der Waals surface area (Å²) >= 11 is 0. The van der Waals surface area contributed by atoms with Gasteiger partial charge in [0, 0.05) is 38.9 Å². The molecule has 0 heterocycles. The molecule has 0 aliphatic carbocycles. The third kappa shape index (κ3) is 22.9. The molecule has 0 spiro atoms. The second-order valence-electron chi connectivity index (χ2n) is 10.3. The predicted molar refractivity (Wildman–Crippen MR) is 158 cm³/mol. The molecule has 1 rings (SSSR count). The van der Waals surface area contributed by atoms with E-state index in [9.17, 15) is 32.7 Å². The number of phenols is 1. The van der Waals surface area contributed by atoms with Crippen LogP contribution in [0.25, 0.3) is 0 Å². The lowest BCUT2D eigenvalue weighted by Crippen LogP contribution is -2.48. The van der Waals surface area contributed by atoms with Crippen LogP contribution in [-0.4, -0.2) is 65.8 Å². The standard InChI is InChI=1S/C28H48N4O4.C2HF3O2/c1-2-13-27(35)32-25(22-23-14-16-24(33)17-15-23)28(36)31-21-12-10-8-6-4-3-5-7-9-11-20-30-26(34)18-19-29;3-2(4,5)1(6)7/h14-17,25,33H,2-13,18-22,29H2,1H3,(H,30,34)(H,31,36)(H,32,35);(H,6,7)/t25-;/m0./s1. The Morgan fingerprint density at radius 1 is 0.791 bits per heavy atom. The summed E-state index contributed by atoms with van der Waals surface area (Å²) in [5.74, 6) is -2.81. The van der Waals surface area contributed by atoms with E-state index in [0.717, 1.165) is 50.6 Å². The number of nitrogens with two attached hydrogens (primary N) is 1. The molecule has 1 aromatic rings. The number of alkyl halides is 3. The lowest BCUT2D eigenvalue weighted by molar-refractivity contribution is -0.192. The number of carboxylic acid groups (broad SMARTS) is 1. The largest absolute Gasteiger partial charge is 0.508 e. The van der Waals surface area contributed by atoms with Gasteiger partial charge in [-0.25, -0.2) is 4.79 Å². The van der Waals surface area contributed by atoms with Gasteiger partial charge in [-0.1, -0.05) is 70.4 Å². The van der Waals surface area contributed by atoms with Crippen LogP contribution < -0.4 is 21.7 Å². The van der Waals surface area contributed by atoms with E-state index in [1.807, 2.05) is 6.92 Å². The van der Waals surface area contributed by atoms with Gasteiger partial charge in [-0.2, -0.15) is 13.2 Å². The fourth-order valence-electron chi connectivity index (χ4n) is 4.02. The highest BCUT2D eigenvalue weighted by Gasteiger charge is 2.38. The van der Waals surface area contributed by atoms with Gasteiger partial charge in [-0.3, -0.25) is 14.4 Å². The lowest BCUT2D eigenvalue weighted by atomic mass is 10.0. The van der Waals surface area contributed by atoms with Crippen LogP contribution in [0.4, 0.5) is 13.2 Å². The predicted octanol–water partition coefficient (Wildman–Crippen LogP) is 4.34. The number of carbonyl (C=O) groups is 4. The van der Waals surface area contributed by atoms with E-state index in [4.69, 9.17) is 15.6 Å². The van der Waals surface area contributed by atoms with Gasteiger partial charge in [0.2, 0.25) is 17.7 Å². The van der Waals surface area contributed by atoms with Gasteiger partial charge in [0.05, 0.1) is 0 Å². The van der Waals surface area contributed by atoms with Crippen molar-refractivity contribution in [1.82, 2.24) is 16.0 Å². The van der Waals surface area contributed by atoms with E-state index < -0.39 is 18.2 Å². The number of carboxylic acids is 1. The normalized spacial score (nSPS) is 11.6. The van der Waals surface area contributed by atoms with E-state index in [-0.39, 0.29) is 23.5 Å². The molecule has 0 radical (unpaired) electrons. The first-order chi connectivity index (χ1) is 20.4. The van der Waals surface area contributed by atoms with Crippen molar-refractivity contribution in [1.29, 1.82) is 0 Å². The molecule has 13 heteroatoms. The molecule has 0 aliphatic rings. The summed E-state index contributed by atoms with van der Waals surface area (Å²) in [5.41, 5.74) is 6.24. The van der Waals surface area contributed by atoms with Crippen molar-refractivity contribution in [2.75, 3.05) is 19.6 Å². The monoisotopic (exact) mass is 618 g/mol. The van der Waals surface area contributed by atoms with Crippen molar-refractivity contribution < 1.29 is 42.6 Å². The van der Waals surface area contributed by atoms with Crippen LogP contribution in [0.1, 0.15) is 96.0 Å².